The van der Waals surface area contributed by atoms with Crippen molar-refractivity contribution in [1.29, 1.82) is 0 Å². The highest BCUT2D eigenvalue weighted by Crippen LogP contribution is 2.26. The number of anilines is 1. The van der Waals surface area contributed by atoms with E-state index in [1.165, 1.54) is 29.5 Å². The van der Waals surface area contributed by atoms with E-state index >= 15 is 0 Å². The standard InChI is InChI=1S/C11H9ClN2O3S/c12-11-14-5-7(18-11)4-13-8-3-6(10(16)17)1-2-9(8)15/h1-3,5,13,15H,4H2,(H,16,17). The van der Waals surface area contributed by atoms with Crippen LogP contribution in [-0.2, 0) is 6.54 Å². The number of thiazole rings is 1. The van der Waals surface area contributed by atoms with E-state index in [2.05, 4.69) is 10.3 Å². The van der Waals surface area contributed by atoms with Crippen molar-refractivity contribution in [1.82, 2.24) is 4.98 Å². The van der Waals surface area contributed by atoms with Crippen molar-refractivity contribution in [2.75, 3.05) is 5.32 Å². The summed E-state index contributed by atoms with van der Waals surface area (Å²) in [6, 6.07) is 4.05. The quantitative estimate of drug-likeness (QED) is 0.752. The lowest BCUT2D eigenvalue weighted by molar-refractivity contribution is 0.0697. The zero-order valence-corrected chi connectivity index (χ0v) is 10.6. The number of carboxylic acid groups (broad SMARTS) is 1. The minimum absolute atomic E-state index is 0.00406. The third kappa shape index (κ3) is 2.91. The number of nitrogens with one attached hydrogen (secondary N) is 1. The molecule has 0 saturated carbocycles. The molecule has 0 amide bonds. The Kier molecular flexibility index (Phi) is 3.69. The zero-order valence-electron chi connectivity index (χ0n) is 9.05. The van der Waals surface area contributed by atoms with Crippen molar-refractivity contribution in [2.45, 2.75) is 6.54 Å². The van der Waals surface area contributed by atoms with Gasteiger partial charge in [0.15, 0.2) is 4.47 Å². The SMILES string of the molecule is O=C(O)c1ccc(O)c(NCc2cnc(Cl)s2)c1. The second-order valence-electron chi connectivity index (χ2n) is 3.47. The Balaban J connectivity index is 2.13. The van der Waals surface area contributed by atoms with Crippen LogP contribution in [0.2, 0.25) is 4.47 Å². The first-order valence-corrected chi connectivity index (χ1v) is 6.16. The molecule has 5 nitrogen and oxygen atoms in total. The smallest absolute Gasteiger partial charge is 0.335 e. The summed E-state index contributed by atoms with van der Waals surface area (Å²) >= 11 is 7.01. The number of hydrogen-bond acceptors (Lipinski definition) is 5. The van der Waals surface area contributed by atoms with Gasteiger partial charge in [0, 0.05) is 11.1 Å². The molecule has 0 fully saturated rings. The number of carboxylic acids is 1. The Labute approximate surface area is 112 Å². The van der Waals surface area contributed by atoms with Crippen LogP contribution in [0.15, 0.2) is 24.4 Å². The summed E-state index contributed by atoms with van der Waals surface area (Å²) in [4.78, 5) is 15.6. The molecule has 0 atom stereocenters. The van der Waals surface area contributed by atoms with E-state index in [4.69, 9.17) is 16.7 Å². The monoisotopic (exact) mass is 284 g/mol. The number of phenolic OH excluding ortho intramolecular Hbond substituents is 1. The molecule has 2 rings (SSSR count). The van der Waals surface area contributed by atoms with Crippen LogP contribution in [0.5, 0.6) is 5.75 Å². The zero-order chi connectivity index (χ0) is 13.1. The van der Waals surface area contributed by atoms with Gasteiger partial charge >= 0.3 is 5.97 Å². The van der Waals surface area contributed by atoms with Gasteiger partial charge in [0.25, 0.3) is 0 Å². The minimum atomic E-state index is -1.04. The molecule has 0 spiro atoms. The molecule has 18 heavy (non-hydrogen) atoms. The van der Waals surface area contributed by atoms with Gasteiger partial charge in [-0.1, -0.05) is 11.6 Å². The lowest BCUT2D eigenvalue weighted by Gasteiger charge is -2.07. The molecular formula is C11H9ClN2O3S. The van der Waals surface area contributed by atoms with Crippen LogP contribution in [0.4, 0.5) is 5.69 Å². The Morgan fingerprint density at radius 3 is 2.89 bits per heavy atom. The largest absolute Gasteiger partial charge is 0.506 e. The van der Waals surface area contributed by atoms with Crippen LogP contribution in [0.3, 0.4) is 0 Å². The molecule has 0 aliphatic carbocycles. The van der Waals surface area contributed by atoms with Crippen molar-refractivity contribution in [3.8, 4) is 5.75 Å². The first-order chi connectivity index (χ1) is 8.56. The number of aromatic carboxylic acids is 1. The van der Waals surface area contributed by atoms with Crippen molar-refractivity contribution in [2.24, 2.45) is 0 Å². The summed E-state index contributed by atoms with van der Waals surface area (Å²) < 4.78 is 0.440. The highest BCUT2D eigenvalue weighted by molar-refractivity contribution is 7.15. The molecule has 1 heterocycles. The van der Waals surface area contributed by atoms with E-state index in [0.29, 0.717) is 16.7 Å². The van der Waals surface area contributed by atoms with Gasteiger partial charge in [-0.3, -0.25) is 0 Å². The third-order valence-electron chi connectivity index (χ3n) is 2.22. The number of aromatic nitrogens is 1. The number of halogens is 1. The molecule has 3 N–H and O–H groups in total. The number of carbonyl (C=O) groups is 1. The summed E-state index contributed by atoms with van der Waals surface area (Å²) in [5, 5.41) is 21.4. The van der Waals surface area contributed by atoms with Gasteiger partial charge in [0.05, 0.1) is 17.8 Å². The maximum Gasteiger partial charge on any atom is 0.335 e. The average molecular weight is 285 g/mol. The topological polar surface area (TPSA) is 82.5 Å². The number of rotatable bonds is 4. The number of aromatic hydroxyl groups is 1. The van der Waals surface area contributed by atoms with Crippen LogP contribution >= 0.6 is 22.9 Å². The van der Waals surface area contributed by atoms with Crippen LogP contribution < -0.4 is 5.32 Å². The van der Waals surface area contributed by atoms with Crippen LogP contribution in [0.1, 0.15) is 15.2 Å². The molecule has 1 aromatic heterocycles. The Bertz CT molecular complexity index is 585. The molecule has 0 unspecified atom stereocenters. The van der Waals surface area contributed by atoms with Gasteiger partial charge in [0.2, 0.25) is 0 Å². The molecule has 0 aliphatic rings. The predicted octanol–water partition coefficient (Wildman–Crippen LogP) is 2.81. The molecule has 0 radical (unpaired) electrons. The van der Waals surface area contributed by atoms with Crippen molar-refractivity contribution in [3.63, 3.8) is 0 Å². The van der Waals surface area contributed by atoms with Gasteiger partial charge < -0.3 is 15.5 Å². The maximum absolute atomic E-state index is 10.8. The molecule has 0 aliphatic heterocycles. The van der Waals surface area contributed by atoms with Crippen molar-refractivity contribution >= 4 is 34.6 Å². The molecule has 0 bridgehead atoms. The Morgan fingerprint density at radius 1 is 1.50 bits per heavy atom. The molecular weight excluding hydrogens is 276 g/mol. The van der Waals surface area contributed by atoms with Gasteiger partial charge in [-0.15, -0.1) is 11.3 Å². The van der Waals surface area contributed by atoms with E-state index in [1.807, 2.05) is 0 Å². The molecule has 0 saturated heterocycles. The summed E-state index contributed by atoms with van der Waals surface area (Å²) in [7, 11) is 0. The first-order valence-electron chi connectivity index (χ1n) is 4.96. The maximum atomic E-state index is 10.8. The minimum Gasteiger partial charge on any atom is -0.506 e. The normalized spacial score (nSPS) is 10.3. The van der Waals surface area contributed by atoms with E-state index in [0.717, 1.165) is 4.88 Å². The molecule has 1 aromatic carbocycles. The van der Waals surface area contributed by atoms with E-state index in [1.54, 1.807) is 6.20 Å². The summed E-state index contributed by atoms with van der Waals surface area (Å²) in [6.07, 6.45) is 1.62. The van der Waals surface area contributed by atoms with Crippen LogP contribution in [-0.4, -0.2) is 21.2 Å². The van der Waals surface area contributed by atoms with Gasteiger partial charge in [-0.2, -0.15) is 0 Å². The number of hydrogen-bond donors (Lipinski definition) is 3. The van der Waals surface area contributed by atoms with E-state index in [-0.39, 0.29) is 11.3 Å². The number of benzene rings is 1. The van der Waals surface area contributed by atoms with Gasteiger partial charge in [-0.25, -0.2) is 9.78 Å². The molecule has 2 aromatic rings. The highest BCUT2D eigenvalue weighted by Gasteiger charge is 2.08. The van der Waals surface area contributed by atoms with Crippen molar-refractivity contribution in [3.05, 3.63) is 39.3 Å². The molecule has 94 valence electrons. The summed E-state index contributed by atoms with van der Waals surface area (Å²) in [5.74, 6) is -1.05. The Morgan fingerprint density at radius 2 is 2.28 bits per heavy atom. The fourth-order valence-electron chi connectivity index (χ4n) is 1.36. The summed E-state index contributed by atoms with van der Waals surface area (Å²) in [6.45, 7) is 0.418. The second kappa shape index (κ2) is 5.24. The molecule has 7 heteroatoms. The average Bonchev–Trinajstić information content (AvgIpc) is 2.74. The summed E-state index contributed by atoms with van der Waals surface area (Å²) in [5.41, 5.74) is 0.469. The van der Waals surface area contributed by atoms with Gasteiger partial charge in [-0.05, 0) is 18.2 Å². The highest BCUT2D eigenvalue weighted by atomic mass is 35.5. The predicted molar refractivity (Wildman–Crippen MR) is 69.5 cm³/mol. The lowest BCUT2D eigenvalue weighted by atomic mass is 10.2. The second-order valence-corrected chi connectivity index (χ2v) is 5.17. The number of phenols is 1. The third-order valence-corrected chi connectivity index (χ3v) is 3.34. The fourth-order valence-corrected chi connectivity index (χ4v) is 2.28. The van der Waals surface area contributed by atoms with Gasteiger partial charge in [0.1, 0.15) is 5.75 Å². The number of nitrogens with zero attached hydrogens (tertiary/aromatic N) is 1. The first kappa shape index (κ1) is 12.7. The van der Waals surface area contributed by atoms with E-state index in [9.17, 15) is 9.90 Å². The van der Waals surface area contributed by atoms with Crippen LogP contribution in [0.25, 0.3) is 0 Å². The van der Waals surface area contributed by atoms with Crippen LogP contribution in [0, 0.1) is 0 Å². The van der Waals surface area contributed by atoms with Crippen molar-refractivity contribution < 1.29 is 15.0 Å². The fraction of sp³-hybridized carbons (Fsp3) is 0.0909. The van der Waals surface area contributed by atoms with E-state index < -0.39 is 5.97 Å². The lowest BCUT2D eigenvalue weighted by Crippen LogP contribution is -2.01. The Hall–Kier alpha value is -1.79.